The molecular formula is C15H19N5S. The number of nitrogens with one attached hydrogen (secondary N) is 1. The summed E-state index contributed by atoms with van der Waals surface area (Å²) in [4.78, 5) is 9.23. The summed E-state index contributed by atoms with van der Waals surface area (Å²) in [6.07, 6.45) is 0.861. The van der Waals surface area contributed by atoms with Crippen LogP contribution < -0.4 is 5.32 Å². The van der Waals surface area contributed by atoms with Gasteiger partial charge in [0.25, 0.3) is 0 Å². The fourth-order valence-corrected chi connectivity index (χ4v) is 3.20. The Hall–Kier alpha value is -1.95. The van der Waals surface area contributed by atoms with Gasteiger partial charge in [0.1, 0.15) is 11.6 Å². The van der Waals surface area contributed by atoms with Crippen LogP contribution in [0.3, 0.4) is 0 Å². The second-order valence-electron chi connectivity index (χ2n) is 4.94. The fourth-order valence-electron chi connectivity index (χ4n) is 2.46. The summed E-state index contributed by atoms with van der Waals surface area (Å²) in [7, 11) is 0. The highest BCUT2D eigenvalue weighted by Gasteiger charge is 2.16. The van der Waals surface area contributed by atoms with Crippen molar-refractivity contribution in [2.24, 2.45) is 0 Å². The third-order valence-electron chi connectivity index (χ3n) is 3.51. The number of rotatable bonds is 5. The van der Waals surface area contributed by atoms with Gasteiger partial charge in [-0.05, 0) is 26.0 Å². The van der Waals surface area contributed by atoms with Gasteiger partial charge >= 0.3 is 0 Å². The largest absolute Gasteiger partial charge is 0.351 e. The zero-order chi connectivity index (χ0) is 14.8. The standard InChI is InChI=1S/C15H19N5S/c1-4-13-18-15(21-19-13)16-10(3)14-17-11-8-6-7-9-12(11)20(14)5-2/h6-10H,4-5H2,1-3H3,(H,16,18,19)/t10-/m1/s1. The summed E-state index contributed by atoms with van der Waals surface area (Å²) in [5.74, 6) is 1.92. The lowest BCUT2D eigenvalue weighted by Crippen LogP contribution is -2.13. The maximum Gasteiger partial charge on any atom is 0.203 e. The molecule has 0 spiro atoms. The molecule has 0 amide bonds. The van der Waals surface area contributed by atoms with Crippen LogP contribution in [0.4, 0.5) is 5.13 Å². The van der Waals surface area contributed by atoms with E-state index in [2.05, 4.69) is 58.2 Å². The van der Waals surface area contributed by atoms with Crippen LogP contribution in [0, 0.1) is 0 Å². The molecular weight excluding hydrogens is 282 g/mol. The molecule has 21 heavy (non-hydrogen) atoms. The first-order valence-corrected chi connectivity index (χ1v) is 8.04. The van der Waals surface area contributed by atoms with Crippen molar-refractivity contribution >= 4 is 27.7 Å². The van der Waals surface area contributed by atoms with E-state index < -0.39 is 0 Å². The molecule has 1 aromatic carbocycles. The molecule has 1 N–H and O–H groups in total. The van der Waals surface area contributed by atoms with Gasteiger partial charge in [-0.3, -0.25) is 0 Å². The van der Waals surface area contributed by atoms with Crippen molar-refractivity contribution in [2.75, 3.05) is 5.32 Å². The maximum absolute atomic E-state index is 4.76. The number of nitrogens with zero attached hydrogens (tertiary/aromatic N) is 4. The molecule has 0 radical (unpaired) electrons. The summed E-state index contributed by atoms with van der Waals surface area (Å²) in [6, 6.07) is 8.33. The Labute approximate surface area is 128 Å². The van der Waals surface area contributed by atoms with Gasteiger partial charge in [-0.25, -0.2) is 9.97 Å². The van der Waals surface area contributed by atoms with Crippen molar-refractivity contribution in [3.8, 4) is 0 Å². The summed E-state index contributed by atoms with van der Waals surface area (Å²) in [6.45, 7) is 7.22. The molecule has 0 aliphatic heterocycles. The number of aromatic nitrogens is 4. The number of fused-ring (bicyclic) bond motifs is 1. The van der Waals surface area contributed by atoms with E-state index in [1.54, 1.807) is 0 Å². The number of anilines is 1. The molecule has 2 heterocycles. The Kier molecular flexibility index (Phi) is 3.88. The van der Waals surface area contributed by atoms with Crippen LogP contribution in [0.1, 0.15) is 38.5 Å². The number of aryl methyl sites for hydroxylation is 2. The average molecular weight is 301 g/mol. The summed E-state index contributed by atoms with van der Waals surface area (Å²) in [5.41, 5.74) is 2.21. The fraction of sp³-hybridized carbons (Fsp3) is 0.400. The van der Waals surface area contributed by atoms with E-state index in [0.717, 1.165) is 35.3 Å². The average Bonchev–Trinajstić information content (AvgIpc) is 3.10. The summed E-state index contributed by atoms with van der Waals surface area (Å²) in [5, 5.41) is 4.27. The number of hydrogen-bond acceptors (Lipinski definition) is 5. The Bertz CT molecular complexity index is 745. The van der Waals surface area contributed by atoms with Crippen molar-refractivity contribution in [3.05, 3.63) is 35.9 Å². The summed E-state index contributed by atoms with van der Waals surface area (Å²) >= 11 is 1.41. The van der Waals surface area contributed by atoms with E-state index in [1.807, 2.05) is 6.07 Å². The van der Waals surface area contributed by atoms with Gasteiger partial charge in [-0.2, -0.15) is 4.37 Å². The second kappa shape index (κ2) is 5.81. The molecule has 0 bridgehead atoms. The zero-order valence-corrected chi connectivity index (χ0v) is 13.3. The summed E-state index contributed by atoms with van der Waals surface area (Å²) < 4.78 is 6.55. The third-order valence-corrected chi connectivity index (χ3v) is 4.20. The van der Waals surface area contributed by atoms with E-state index in [-0.39, 0.29) is 6.04 Å². The van der Waals surface area contributed by atoms with Crippen LogP contribution in [0.15, 0.2) is 24.3 Å². The van der Waals surface area contributed by atoms with Crippen LogP contribution >= 0.6 is 11.5 Å². The first kappa shape index (κ1) is 14.0. The molecule has 0 unspecified atom stereocenters. The highest BCUT2D eigenvalue weighted by atomic mass is 32.1. The molecule has 6 heteroatoms. The first-order chi connectivity index (χ1) is 10.2. The Morgan fingerprint density at radius 2 is 2.05 bits per heavy atom. The SMILES string of the molecule is CCc1nsc(N[C@H](C)c2nc3ccccc3n2CC)n1. The van der Waals surface area contributed by atoms with Crippen molar-refractivity contribution < 1.29 is 0 Å². The van der Waals surface area contributed by atoms with Crippen molar-refractivity contribution in [1.29, 1.82) is 0 Å². The Morgan fingerprint density at radius 3 is 2.76 bits per heavy atom. The number of hydrogen-bond donors (Lipinski definition) is 1. The van der Waals surface area contributed by atoms with E-state index in [0.29, 0.717) is 0 Å². The van der Waals surface area contributed by atoms with Crippen LogP contribution in [0.25, 0.3) is 11.0 Å². The van der Waals surface area contributed by atoms with Gasteiger partial charge in [0.05, 0.1) is 17.1 Å². The van der Waals surface area contributed by atoms with E-state index in [9.17, 15) is 0 Å². The molecule has 0 aliphatic carbocycles. The van der Waals surface area contributed by atoms with E-state index in [1.165, 1.54) is 17.0 Å². The monoisotopic (exact) mass is 301 g/mol. The predicted molar refractivity (Wildman–Crippen MR) is 86.7 cm³/mol. The van der Waals surface area contributed by atoms with Gasteiger partial charge < -0.3 is 9.88 Å². The van der Waals surface area contributed by atoms with Crippen molar-refractivity contribution in [1.82, 2.24) is 18.9 Å². The molecule has 110 valence electrons. The molecule has 3 rings (SSSR count). The van der Waals surface area contributed by atoms with Crippen LogP contribution in [0.2, 0.25) is 0 Å². The van der Waals surface area contributed by atoms with Crippen LogP contribution in [-0.2, 0) is 13.0 Å². The lowest BCUT2D eigenvalue weighted by atomic mass is 10.3. The lowest BCUT2D eigenvalue weighted by molar-refractivity contribution is 0.673. The normalized spacial score (nSPS) is 12.7. The predicted octanol–water partition coefficient (Wildman–Crippen LogP) is 3.64. The number of imidazole rings is 1. The van der Waals surface area contributed by atoms with Crippen molar-refractivity contribution in [2.45, 2.75) is 39.8 Å². The van der Waals surface area contributed by atoms with Gasteiger partial charge in [-0.1, -0.05) is 19.1 Å². The minimum atomic E-state index is 0.0926. The third kappa shape index (κ3) is 2.63. The molecule has 0 aliphatic rings. The molecule has 1 atom stereocenters. The number of benzene rings is 1. The topological polar surface area (TPSA) is 55.6 Å². The smallest absolute Gasteiger partial charge is 0.203 e. The minimum Gasteiger partial charge on any atom is -0.351 e. The zero-order valence-electron chi connectivity index (χ0n) is 12.5. The van der Waals surface area contributed by atoms with Crippen molar-refractivity contribution in [3.63, 3.8) is 0 Å². The van der Waals surface area contributed by atoms with E-state index >= 15 is 0 Å². The molecule has 0 saturated heterocycles. The minimum absolute atomic E-state index is 0.0926. The highest BCUT2D eigenvalue weighted by molar-refractivity contribution is 7.09. The molecule has 3 aromatic rings. The Balaban J connectivity index is 1.91. The molecule has 2 aromatic heterocycles. The van der Waals surface area contributed by atoms with Gasteiger partial charge in [-0.15, -0.1) is 0 Å². The van der Waals surface area contributed by atoms with Gasteiger partial charge in [0, 0.05) is 24.5 Å². The lowest BCUT2D eigenvalue weighted by Gasteiger charge is -2.14. The maximum atomic E-state index is 4.76. The van der Waals surface area contributed by atoms with E-state index in [4.69, 9.17) is 4.98 Å². The van der Waals surface area contributed by atoms with Gasteiger partial charge in [0.2, 0.25) is 5.13 Å². The second-order valence-corrected chi connectivity index (χ2v) is 5.69. The first-order valence-electron chi connectivity index (χ1n) is 7.27. The molecule has 0 saturated carbocycles. The highest BCUT2D eigenvalue weighted by Crippen LogP contribution is 2.24. The molecule has 5 nitrogen and oxygen atoms in total. The number of para-hydroxylation sites is 2. The van der Waals surface area contributed by atoms with Crippen LogP contribution in [0.5, 0.6) is 0 Å². The van der Waals surface area contributed by atoms with Gasteiger partial charge in [0.15, 0.2) is 0 Å². The molecule has 0 fully saturated rings. The quantitative estimate of drug-likeness (QED) is 0.781. The Morgan fingerprint density at radius 1 is 1.24 bits per heavy atom. The van der Waals surface area contributed by atoms with Crippen LogP contribution in [-0.4, -0.2) is 18.9 Å².